The van der Waals surface area contributed by atoms with Crippen molar-refractivity contribution in [3.8, 4) is 11.4 Å². The number of nitrogens with zero attached hydrogens (tertiary/aromatic N) is 2. The molecule has 1 aromatic heterocycles. The van der Waals surface area contributed by atoms with Gasteiger partial charge in [-0.25, -0.2) is 9.37 Å². The van der Waals surface area contributed by atoms with Gasteiger partial charge >= 0.3 is 0 Å². The number of aromatic nitrogens is 2. The van der Waals surface area contributed by atoms with Crippen molar-refractivity contribution >= 4 is 17.1 Å². The molecule has 0 saturated heterocycles. The van der Waals surface area contributed by atoms with Crippen molar-refractivity contribution in [1.29, 1.82) is 0 Å². The summed E-state index contributed by atoms with van der Waals surface area (Å²) in [5, 5.41) is 0. The summed E-state index contributed by atoms with van der Waals surface area (Å²) in [4.78, 5) is 4.66. The van der Waals surface area contributed by atoms with Crippen LogP contribution in [0.5, 0.6) is 0 Å². The summed E-state index contributed by atoms with van der Waals surface area (Å²) in [7, 11) is 0. The zero-order valence-corrected chi connectivity index (χ0v) is 13.6. The number of allylic oxidation sites excluding steroid dienone is 1. The Morgan fingerprint density at radius 3 is 2.40 bits per heavy atom. The maximum absolute atomic E-state index is 14.3. The minimum atomic E-state index is -0.258. The van der Waals surface area contributed by atoms with Crippen molar-refractivity contribution in [2.45, 2.75) is 6.54 Å². The molecule has 3 aromatic carbocycles. The van der Waals surface area contributed by atoms with Crippen LogP contribution in [-0.4, -0.2) is 9.55 Å². The molecule has 1 heterocycles. The van der Waals surface area contributed by atoms with Gasteiger partial charge in [0.15, 0.2) is 0 Å². The lowest BCUT2D eigenvalue weighted by Crippen LogP contribution is -2.00. The summed E-state index contributed by atoms with van der Waals surface area (Å²) in [5.74, 6) is 0.392. The van der Waals surface area contributed by atoms with E-state index in [9.17, 15) is 4.39 Å². The largest absolute Gasteiger partial charge is 0.320 e. The molecule has 0 aliphatic rings. The van der Waals surface area contributed by atoms with Gasteiger partial charge in [-0.05, 0) is 29.8 Å². The maximum atomic E-state index is 14.3. The Kier molecular flexibility index (Phi) is 4.13. The van der Waals surface area contributed by atoms with Gasteiger partial charge in [0.25, 0.3) is 0 Å². The van der Waals surface area contributed by atoms with Gasteiger partial charge in [0.2, 0.25) is 0 Å². The smallest absolute Gasteiger partial charge is 0.144 e. The van der Waals surface area contributed by atoms with Crippen molar-refractivity contribution in [2.24, 2.45) is 0 Å². The highest BCUT2D eigenvalue weighted by atomic mass is 19.1. The van der Waals surface area contributed by atoms with Crippen molar-refractivity contribution in [1.82, 2.24) is 9.55 Å². The Morgan fingerprint density at radius 1 is 0.840 bits per heavy atom. The lowest BCUT2D eigenvalue weighted by Gasteiger charge is -2.07. The minimum absolute atomic E-state index is 0.258. The molecule has 0 saturated carbocycles. The van der Waals surface area contributed by atoms with E-state index in [0.717, 1.165) is 16.6 Å². The van der Waals surface area contributed by atoms with Crippen LogP contribution in [0.2, 0.25) is 0 Å². The molecule has 0 atom stereocenters. The molecule has 122 valence electrons. The van der Waals surface area contributed by atoms with Crippen LogP contribution < -0.4 is 0 Å². The molecule has 3 heteroatoms. The molecule has 0 N–H and O–H groups in total. The first-order valence-corrected chi connectivity index (χ1v) is 8.25. The van der Waals surface area contributed by atoms with E-state index in [1.807, 2.05) is 53.1 Å². The van der Waals surface area contributed by atoms with E-state index in [2.05, 4.69) is 29.3 Å². The molecule has 0 fully saturated rings. The van der Waals surface area contributed by atoms with Crippen LogP contribution in [-0.2, 0) is 6.54 Å². The van der Waals surface area contributed by atoms with Crippen LogP contribution >= 0.6 is 0 Å². The van der Waals surface area contributed by atoms with Gasteiger partial charge in [-0.15, -0.1) is 0 Å². The van der Waals surface area contributed by atoms with Crippen LogP contribution in [0.3, 0.4) is 0 Å². The predicted molar refractivity (Wildman–Crippen MR) is 101 cm³/mol. The van der Waals surface area contributed by atoms with Gasteiger partial charge in [-0.3, -0.25) is 0 Å². The summed E-state index contributed by atoms with van der Waals surface area (Å²) in [5.41, 5.74) is 3.53. The average molecular weight is 328 g/mol. The molecule has 4 aromatic rings. The molecule has 0 radical (unpaired) electrons. The molecule has 0 amide bonds. The Hall–Kier alpha value is -3.20. The molecule has 0 spiro atoms. The second-order valence-electron chi connectivity index (χ2n) is 5.83. The van der Waals surface area contributed by atoms with E-state index in [1.54, 1.807) is 12.1 Å². The molecule has 2 nitrogen and oxygen atoms in total. The highest BCUT2D eigenvalue weighted by Crippen LogP contribution is 2.26. The van der Waals surface area contributed by atoms with Gasteiger partial charge in [-0.2, -0.15) is 0 Å². The van der Waals surface area contributed by atoms with E-state index in [1.165, 1.54) is 6.07 Å². The number of fused-ring (bicyclic) bond motifs is 1. The number of halogens is 1. The standard InChI is InChI=1S/C22H17FN2/c23-19-13-5-4-12-18(19)22-24-20-14-6-7-15-21(20)25(22)16-8-11-17-9-2-1-3-10-17/h1-15H,16H2/b11-8+. The summed E-state index contributed by atoms with van der Waals surface area (Å²) in [6.45, 7) is 0.624. The lowest BCUT2D eigenvalue weighted by molar-refractivity contribution is 0.628. The van der Waals surface area contributed by atoms with E-state index in [-0.39, 0.29) is 5.82 Å². The van der Waals surface area contributed by atoms with E-state index in [0.29, 0.717) is 17.9 Å². The SMILES string of the molecule is Fc1ccccc1-c1nc2ccccc2n1C/C=C/c1ccccc1. The van der Waals surface area contributed by atoms with Crippen molar-refractivity contribution in [3.05, 3.63) is 96.3 Å². The second-order valence-corrected chi connectivity index (χ2v) is 5.83. The van der Waals surface area contributed by atoms with Gasteiger partial charge in [0, 0.05) is 6.54 Å². The van der Waals surface area contributed by atoms with Gasteiger partial charge in [0.1, 0.15) is 11.6 Å². The number of hydrogen-bond acceptors (Lipinski definition) is 1. The zero-order valence-electron chi connectivity index (χ0n) is 13.6. The second kappa shape index (κ2) is 6.73. The Bertz CT molecular complexity index is 1030. The normalized spacial score (nSPS) is 11.4. The third-order valence-corrected chi connectivity index (χ3v) is 4.17. The fourth-order valence-corrected chi connectivity index (χ4v) is 2.97. The van der Waals surface area contributed by atoms with Crippen molar-refractivity contribution in [3.63, 3.8) is 0 Å². The number of rotatable bonds is 4. The minimum Gasteiger partial charge on any atom is -0.320 e. The number of imidazole rings is 1. The highest BCUT2D eigenvalue weighted by molar-refractivity contribution is 5.80. The van der Waals surface area contributed by atoms with Crippen LogP contribution in [0.1, 0.15) is 5.56 Å². The molecule has 0 aliphatic carbocycles. The fraction of sp³-hybridized carbons (Fsp3) is 0.0455. The number of hydrogen-bond donors (Lipinski definition) is 0. The zero-order chi connectivity index (χ0) is 17.1. The van der Waals surface area contributed by atoms with Crippen LogP contribution in [0, 0.1) is 5.82 Å². The summed E-state index contributed by atoms with van der Waals surface area (Å²) in [6, 6.07) is 24.8. The Labute approximate surface area is 145 Å². The predicted octanol–water partition coefficient (Wildman–Crippen LogP) is 5.56. The third kappa shape index (κ3) is 3.09. The summed E-state index contributed by atoms with van der Waals surface area (Å²) in [6.07, 6.45) is 4.15. The lowest BCUT2D eigenvalue weighted by atomic mass is 10.2. The number of para-hydroxylation sites is 2. The van der Waals surface area contributed by atoms with Crippen molar-refractivity contribution < 1.29 is 4.39 Å². The third-order valence-electron chi connectivity index (χ3n) is 4.17. The molecule has 25 heavy (non-hydrogen) atoms. The first-order chi connectivity index (χ1) is 12.3. The fourth-order valence-electron chi connectivity index (χ4n) is 2.97. The van der Waals surface area contributed by atoms with E-state index >= 15 is 0 Å². The monoisotopic (exact) mass is 328 g/mol. The molecular weight excluding hydrogens is 311 g/mol. The maximum Gasteiger partial charge on any atom is 0.144 e. The first-order valence-electron chi connectivity index (χ1n) is 8.25. The van der Waals surface area contributed by atoms with E-state index < -0.39 is 0 Å². The summed E-state index contributed by atoms with van der Waals surface area (Å²) < 4.78 is 16.3. The summed E-state index contributed by atoms with van der Waals surface area (Å²) >= 11 is 0. The van der Waals surface area contributed by atoms with E-state index in [4.69, 9.17) is 0 Å². The van der Waals surface area contributed by atoms with Gasteiger partial charge < -0.3 is 4.57 Å². The van der Waals surface area contributed by atoms with Crippen molar-refractivity contribution in [2.75, 3.05) is 0 Å². The first kappa shape index (κ1) is 15.3. The molecule has 0 bridgehead atoms. The average Bonchev–Trinajstić information content (AvgIpc) is 3.02. The Balaban J connectivity index is 1.77. The topological polar surface area (TPSA) is 17.8 Å². The van der Waals surface area contributed by atoms with Crippen LogP contribution in [0.25, 0.3) is 28.5 Å². The molecular formula is C22H17FN2. The Morgan fingerprint density at radius 2 is 1.56 bits per heavy atom. The van der Waals surface area contributed by atoms with Crippen LogP contribution in [0.15, 0.2) is 84.9 Å². The highest BCUT2D eigenvalue weighted by Gasteiger charge is 2.14. The van der Waals surface area contributed by atoms with Gasteiger partial charge in [0.05, 0.1) is 16.6 Å². The molecule has 0 aliphatic heterocycles. The van der Waals surface area contributed by atoms with Gasteiger partial charge in [-0.1, -0.05) is 66.7 Å². The quantitative estimate of drug-likeness (QED) is 0.480. The molecule has 4 rings (SSSR count). The number of benzene rings is 3. The molecule has 0 unspecified atom stereocenters. The van der Waals surface area contributed by atoms with Crippen LogP contribution in [0.4, 0.5) is 4.39 Å².